The van der Waals surface area contributed by atoms with E-state index in [1.54, 1.807) is 6.20 Å². The highest BCUT2D eigenvalue weighted by atomic mass is 15.3. The lowest BCUT2D eigenvalue weighted by atomic mass is 10.2. The van der Waals surface area contributed by atoms with E-state index >= 15 is 0 Å². The standard InChI is InChI=1S/C13H17N5/c1-10-11(6-13(7-14)17(10)2)8-15-9-12-4-5-16-18(12)3/h4-6,15H,8-9H2,1-3H3. The summed E-state index contributed by atoms with van der Waals surface area (Å²) >= 11 is 0. The lowest BCUT2D eigenvalue weighted by Crippen LogP contribution is -2.15. The number of nitrogens with zero attached hydrogens (tertiary/aromatic N) is 4. The zero-order valence-electron chi connectivity index (χ0n) is 10.9. The fourth-order valence-corrected chi connectivity index (χ4v) is 1.95. The number of aromatic nitrogens is 3. The third-order valence-electron chi connectivity index (χ3n) is 3.30. The first kappa shape index (κ1) is 12.4. The van der Waals surface area contributed by atoms with Crippen LogP contribution in [0.25, 0.3) is 0 Å². The van der Waals surface area contributed by atoms with Gasteiger partial charge in [0.05, 0.1) is 5.69 Å². The van der Waals surface area contributed by atoms with Crippen LogP contribution in [0.4, 0.5) is 0 Å². The van der Waals surface area contributed by atoms with Gasteiger partial charge in [-0.25, -0.2) is 0 Å². The van der Waals surface area contributed by atoms with Crippen molar-refractivity contribution in [2.45, 2.75) is 20.0 Å². The quantitative estimate of drug-likeness (QED) is 0.878. The molecule has 0 saturated carbocycles. The topological polar surface area (TPSA) is 58.6 Å². The van der Waals surface area contributed by atoms with Crippen LogP contribution < -0.4 is 5.32 Å². The number of nitriles is 1. The van der Waals surface area contributed by atoms with Crippen LogP contribution in [0.3, 0.4) is 0 Å². The number of hydrogen-bond donors (Lipinski definition) is 1. The number of nitrogens with one attached hydrogen (secondary N) is 1. The minimum atomic E-state index is 0.699. The average Bonchev–Trinajstić information content (AvgIpc) is 2.88. The lowest BCUT2D eigenvalue weighted by molar-refractivity contribution is 0.624. The van der Waals surface area contributed by atoms with E-state index in [9.17, 15) is 0 Å². The summed E-state index contributed by atoms with van der Waals surface area (Å²) in [5.41, 5.74) is 4.13. The molecular weight excluding hydrogens is 226 g/mol. The van der Waals surface area contributed by atoms with E-state index < -0.39 is 0 Å². The van der Waals surface area contributed by atoms with Gasteiger partial charge in [-0.2, -0.15) is 10.4 Å². The van der Waals surface area contributed by atoms with E-state index in [0.717, 1.165) is 30.0 Å². The number of hydrogen-bond acceptors (Lipinski definition) is 3. The summed E-state index contributed by atoms with van der Waals surface area (Å²) in [5, 5.41) is 16.5. The molecule has 0 aliphatic rings. The van der Waals surface area contributed by atoms with Crippen molar-refractivity contribution in [3.8, 4) is 6.07 Å². The Morgan fingerprint density at radius 1 is 1.39 bits per heavy atom. The van der Waals surface area contributed by atoms with Gasteiger partial charge >= 0.3 is 0 Å². The molecular formula is C13H17N5. The van der Waals surface area contributed by atoms with Crippen molar-refractivity contribution in [1.29, 1.82) is 5.26 Å². The third-order valence-corrected chi connectivity index (χ3v) is 3.30. The van der Waals surface area contributed by atoms with Crippen LogP contribution in [0.5, 0.6) is 0 Å². The van der Waals surface area contributed by atoms with Gasteiger partial charge in [-0.15, -0.1) is 0 Å². The van der Waals surface area contributed by atoms with Crippen molar-refractivity contribution in [1.82, 2.24) is 19.7 Å². The van der Waals surface area contributed by atoms with Gasteiger partial charge in [0.2, 0.25) is 0 Å². The molecule has 5 nitrogen and oxygen atoms in total. The Hall–Kier alpha value is -2.06. The molecule has 2 aromatic heterocycles. The van der Waals surface area contributed by atoms with Crippen LogP contribution in [0, 0.1) is 18.3 Å². The summed E-state index contributed by atoms with van der Waals surface area (Å²) in [7, 11) is 3.84. The number of aryl methyl sites for hydroxylation is 1. The molecule has 2 aromatic rings. The molecule has 0 aliphatic heterocycles. The normalized spacial score (nSPS) is 10.6. The fourth-order valence-electron chi connectivity index (χ4n) is 1.95. The zero-order chi connectivity index (χ0) is 13.1. The molecule has 0 amide bonds. The molecule has 2 heterocycles. The fraction of sp³-hybridized carbons (Fsp3) is 0.385. The van der Waals surface area contributed by atoms with E-state index in [1.165, 1.54) is 0 Å². The smallest absolute Gasteiger partial charge is 0.120 e. The Labute approximate surface area is 107 Å². The predicted octanol–water partition coefficient (Wildman–Crippen LogP) is 1.23. The second-order valence-corrected chi connectivity index (χ2v) is 4.36. The highest BCUT2D eigenvalue weighted by Crippen LogP contribution is 2.13. The van der Waals surface area contributed by atoms with Crippen molar-refractivity contribution in [3.63, 3.8) is 0 Å². The van der Waals surface area contributed by atoms with Crippen LogP contribution >= 0.6 is 0 Å². The Bertz CT molecular complexity index is 585. The Kier molecular flexibility index (Phi) is 3.49. The summed E-state index contributed by atoms with van der Waals surface area (Å²) in [6.45, 7) is 3.56. The maximum absolute atomic E-state index is 8.97. The third kappa shape index (κ3) is 2.29. The van der Waals surface area contributed by atoms with Crippen LogP contribution in [0.1, 0.15) is 22.6 Å². The van der Waals surface area contributed by atoms with E-state index in [0.29, 0.717) is 5.69 Å². The molecule has 0 spiro atoms. The van der Waals surface area contributed by atoms with Gasteiger partial charge < -0.3 is 9.88 Å². The molecule has 5 heteroatoms. The van der Waals surface area contributed by atoms with Crippen LogP contribution in [0.15, 0.2) is 18.3 Å². The van der Waals surface area contributed by atoms with Gasteiger partial charge in [-0.1, -0.05) is 0 Å². The van der Waals surface area contributed by atoms with Gasteiger partial charge in [-0.05, 0) is 24.6 Å². The first-order valence-electron chi connectivity index (χ1n) is 5.86. The van der Waals surface area contributed by atoms with Crippen LogP contribution in [-0.2, 0) is 27.2 Å². The summed E-state index contributed by atoms with van der Waals surface area (Å²) in [6, 6.07) is 6.12. The highest BCUT2D eigenvalue weighted by Gasteiger charge is 2.08. The van der Waals surface area contributed by atoms with Gasteiger partial charge in [0.25, 0.3) is 0 Å². The van der Waals surface area contributed by atoms with Crippen molar-refractivity contribution >= 4 is 0 Å². The van der Waals surface area contributed by atoms with Crippen LogP contribution in [-0.4, -0.2) is 14.3 Å². The first-order valence-corrected chi connectivity index (χ1v) is 5.86. The molecule has 0 unspecified atom stereocenters. The van der Waals surface area contributed by atoms with Gasteiger partial charge in [-0.3, -0.25) is 4.68 Å². The Morgan fingerprint density at radius 2 is 2.17 bits per heavy atom. The molecule has 18 heavy (non-hydrogen) atoms. The van der Waals surface area contributed by atoms with Crippen molar-refractivity contribution in [2.24, 2.45) is 14.1 Å². The summed E-state index contributed by atoms with van der Waals surface area (Å²) in [6.07, 6.45) is 1.79. The largest absolute Gasteiger partial charge is 0.340 e. The molecule has 0 radical (unpaired) electrons. The van der Waals surface area contributed by atoms with Crippen LogP contribution in [0.2, 0.25) is 0 Å². The van der Waals surface area contributed by atoms with Crippen molar-refractivity contribution < 1.29 is 0 Å². The molecule has 0 fully saturated rings. The second kappa shape index (κ2) is 5.07. The average molecular weight is 243 g/mol. The van der Waals surface area contributed by atoms with E-state index in [-0.39, 0.29) is 0 Å². The van der Waals surface area contributed by atoms with E-state index in [1.807, 2.05) is 42.4 Å². The highest BCUT2D eigenvalue weighted by molar-refractivity contribution is 5.34. The first-order chi connectivity index (χ1) is 8.63. The predicted molar refractivity (Wildman–Crippen MR) is 68.6 cm³/mol. The maximum Gasteiger partial charge on any atom is 0.120 e. The molecule has 0 atom stereocenters. The van der Waals surface area contributed by atoms with E-state index in [4.69, 9.17) is 5.26 Å². The Balaban J connectivity index is 1.99. The molecule has 0 aromatic carbocycles. The lowest BCUT2D eigenvalue weighted by Gasteiger charge is -2.05. The summed E-state index contributed by atoms with van der Waals surface area (Å²) < 4.78 is 3.77. The molecule has 94 valence electrons. The molecule has 1 N–H and O–H groups in total. The van der Waals surface area contributed by atoms with Crippen molar-refractivity contribution in [3.05, 3.63) is 41.0 Å². The molecule has 0 bridgehead atoms. The Morgan fingerprint density at radius 3 is 2.72 bits per heavy atom. The summed E-state index contributed by atoms with van der Waals surface area (Å²) in [4.78, 5) is 0. The summed E-state index contributed by atoms with van der Waals surface area (Å²) in [5.74, 6) is 0. The SMILES string of the molecule is Cc1c(CNCc2ccnn2C)cc(C#N)n1C. The second-order valence-electron chi connectivity index (χ2n) is 4.36. The van der Waals surface area contributed by atoms with Gasteiger partial charge in [0.15, 0.2) is 0 Å². The zero-order valence-corrected chi connectivity index (χ0v) is 10.9. The minimum Gasteiger partial charge on any atom is -0.340 e. The van der Waals surface area contributed by atoms with Crippen molar-refractivity contribution in [2.75, 3.05) is 0 Å². The molecule has 0 saturated heterocycles. The molecule has 0 aliphatic carbocycles. The van der Waals surface area contributed by atoms with Gasteiger partial charge in [0, 0.05) is 39.1 Å². The van der Waals surface area contributed by atoms with E-state index in [2.05, 4.69) is 16.5 Å². The minimum absolute atomic E-state index is 0.699. The van der Waals surface area contributed by atoms with Gasteiger partial charge in [0.1, 0.15) is 11.8 Å². The monoisotopic (exact) mass is 243 g/mol. The number of rotatable bonds is 4. The molecule has 2 rings (SSSR count). The maximum atomic E-state index is 8.97.